The minimum absolute atomic E-state index is 0.0265. The molecule has 0 fully saturated rings. The van der Waals surface area contributed by atoms with Gasteiger partial charge in [-0.1, -0.05) is 0 Å². The maximum atomic E-state index is 16.5. The Hall–Kier alpha value is -6.50. The summed E-state index contributed by atoms with van der Waals surface area (Å²) in [5, 5.41) is 0. The van der Waals surface area contributed by atoms with Crippen LogP contribution < -0.4 is 0 Å². The molecule has 0 N–H and O–H groups in total. The van der Waals surface area contributed by atoms with E-state index >= 15 is 19.2 Å². The Kier molecular flexibility index (Phi) is 23.5. The molecule has 10 heteroatoms. The molecule has 0 bridgehead atoms. The van der Waals surface area contributed by atoms with Crippen LogP contribution in [0.5, 0.6) is 0 Å². The van der Waals surface area contributed by atoms with Crippen molar-refractivity contribution < 1.29 is 19.2 Å². The summed E-state index contributed by atoms with van der Waals surface area (Å²) in [5.74, 6) is -0.615. The molecule has 0 unspecified atom stereocenters. The van der Waals surface area contributed by atoms with Crippen molar-refractivity contribution in [2.75, 3.05) is 0 Å². The van der Waals surface area contributed by atoms with Crippen LogP contribution in [-0.4, -0.2) is 72.1 Å². The maximum absolute atomic E-state index is 16.5. The van der Waals surface area contributed by atoms with E-state index in [4.69, 9.17) is 0 Å². The Morgan fingerprint density at radius 1 is 0.255 bits per heavy atom. The summed E-state index contributed by atoms with van der Waals surface area (Å²) in [5.41, 5.74) is 19.7. The molecule has 4 aromatic heterocycles. The fraction of sp³-hybridized carbons (Fsp3) is 0.500. The van der Waals surface area contributed by atoms with Gasteiger partial charge in [-0.3, -0.25) is 0 Å². The Labute approximate surface area is 673 Å². The topological polar surface area (TPSA) is 88.0 Å². The number of benzene rings is 5. The first-order valence-corrected chi connectivity index (χ1v) is 55.0. The first-order chi connectivity index (χ1) is 51.0. The Balaban J connectivity index is 1.21. The van der Waals surface area contributed by atoms with Crippen LogP contribution in [0.4, 0.5) is 0 Å². The molecule has 8 nitrogen and oxygen atoms in total. The fourth-order valence-corrected chi connectivity index (χ4v) is 50.5. The summed E-state index contributed by atoms with van der Waals surface area (Å²) >= 11 is -8.95. The van der Waals surface area contributed by atoms with Crippen molar-refractivity contribution in [2.45, 2.75) is 318 Å². The number of aromatic nitrogens is 4. The molecule has 0 saturated carbocycles. The number of carbonyl (C=O) groups excluding carboxylic acids is 4. The summed E-state index contributed by atoms with van der Waals surface area (Å²) in [6, 6.07) is 53.6. The number of hydrogen-bond acceptors (Lipinski definition) is 4. The van der Waals surface area contributed by atoms with Gasteiger partial charge in [-0.25, -0.2) is 0 Å². The Morgan fingerprint density at radius 3 is 0.564 bits per heavy atom. The van der Waals surface area contributed by atoms with E-state index in [0.29, 0.717) is 22.3 Å². The van der Waals surface area contributed by atoms with E-state index in [-0.39, 0.29) is 78.3 Å². The molecule has 2 aliphatic rings. The van der Waals surface area contributed by atoms with Gasteiger partial charge in [0.2, 0.25) is 0 Å². The van der Waals surface area contributed by atoms with Gasteiger partial charge in [0.25, 0.3) is 0 Å². The van der Waals surface area contributed by atoms with Gasteiger partial charge in [0.15, 0.2) is 0 Å². The van der Waals surface area contributed by atoms with E-state index in [0.717, 1.165) is 170 Å². The summed E-state index contributed by atoms with van der Waals surface area (Å²) in [7, 11) is 0. The van der Waals surface area contributed by atoms with Crippen LogP contribution >= 0.6 is 0 Å². The first-order valence-electron chi connectivity index (χ1n) is 41.9. The van der Waals surface area contributed by atoms with Crippen LogP contribution in [-0.2, 0) is 43.3 Å². The van der Waals surface area contributed by atoms with Gasteiger partial charge in [0.05, 0.1) is 0 Å². The Morgan fingerprint density at radius 2 is 0.418 bits per heavy atom. The second-order valence-corrected chi connectivity index (χ2v) is 63.4. The number of carbonyl (C=O) groups is 4. The molecule has 0 saturated heterocycles. The second-order valence-electron chi connectivity index (χ2n) is 41.3. The molecule has 0 amide bonds. The third-order valence-corrected chi connectivity index (χ3v) is 52.8. The van der Waals surface area contributed by atoms with Crippen molar-refractivity contribution >= 4 is 61.0 Å². The number of hydrogen-bond donors (Lipinski definition) is 0. The van der Waals surface area contributed by atoms with Gasteiger partial charge in [-0.15, -0.1) is 0 Å². The van der Waals surface area contributed by atoms with Crippen molar-refractivity contribution in [3.63, 3.8) is 0 Å². The molecule has 0 radical (unpaired) electrons. The number of nitrogens with zero attached hydrogens (tertiary/aromatic N) is 4. The molecular formula is C100H134N4O4Sn2. The van der Waals surface area contributed by atoms with Crippen molar-refractivity contribution in [3.8, 4) is 0 Å². The molecule has 5 aromatic carbocycles. The van der Waals surface area contributed by atoms with Gasteiger partial charge in [0.1, 0.15) is 0 Å². The molecule has 110 heavy (non-hydrogen) atoms. The summed E-state index contributed by atoms with van der Waals surface area (Å²) < 4.78 is 14.3. The predicted octanol–water partition coefficient (Wildman–Crippen LogP) is 26.1. The summed E-state index contributed by atoms with van der Waals surface area (Å²) in [4.78, 5) is 66.1. The fourth-order valence-electron chi connectivity index (χ4n) is 17.4. The van der Waals surface area contributed by atoms with Crippen LogP contribution in [0.15, 0.2) is 146 Å². The number of rotatable bonds is 22. The van der Waals surface area contributed by atoms with Crippen LogP contribution in [0.1, 0.15) is 400 Å². The van der Waals surface area contributed by atoms with E-state index in [1.54, 1.807) is 0 Å². The normalized spacial score (nSPS) is 15.0. The van der Waals surface area contributed by atoms with Crippen molar-refractivity contribution in [2.24, 2.45) is 0 Å². The zero-order chi connectivity index (χ0) is 80.9. The van der Waals surface area contributed by atoms with E-state index in [2.05, 4.69) is 351 Å². The average molecular weight is 1690 g/mol. The standard InChI is InChI=1S/C84H102N4O4.4C4H9.2Sn/c1-77(2,3)55-37-51(38-56(45-55)78(4,5)6)73(89)67-33-29-63(85-67)71(64-30-34-68(86-64)74(90)52-39-57(79(7,8)9)46-58(40-52)80(10,11)12)49-25-27-50(28-26-49)72(65-31-35-69(87-65)75(91)53-41-59(81(13,14)15)47-60(42-53)82(16,17)18)66-32-36-70(88-66)76(92)54-43-61(83(19,20)21)48-62(44-54)84(22,23)24;4*1-3-4-2;;/h25-48,71-72H,1-24H3,(H4,85,86,87,88,89,90,91,92);4*1,3-4H2,2H3;;/q;;;;;2*+2/p-4. The molecular weight excluding hydrogens is 1560 g/mol. The zero-order valence-electron chi connectivity index (χ0n) is 72.9. The Bertz CT molecular complexity index is 4230. The monoisotopic (exact) mass is 1690 g/mol. The second kappa shape index (κ2) is 30.7. The van der Waals surface area contributed by atoms with Gasteiger partial charge in [-0.2, -0.15) is 0 Å². The zero-order valence-corrected chi connectivity index (χ0v) is 78.6. The third kappa shape index (κ3) is 16.2. The van der Waals surface area contributed by atoms with Crippen LogP contribution in [0.3, 0.4) is 0 Å². The van der Waals surface area contributed by atoms with Gasteiger partial charge < -0.3 is 0 Å². The van der Waals surface area contributed by atoms with Gasteiger partial charge in [-0.05, 0) is 0 Å². The molecule has 586 valence electrons. The molecule has 6 heterocycles. The van der Waals surface area contributed by atoms with E-state index < -0.39 is 37.8 Å². The quantitative estimate of drug-likeness (QED) is 0.0500. The van der Waals surface area contributed by atoms with Crippen LogP contribution in [0, 0.1) is 0 Å². The molecule has 9 aromatic rings. The molecule has 0 spiro atoms. The summed E-state index contributed by atoms with van der Waals surface area (Å²) in [6.07, 6.45) is 7.78. The molecule has 2 aliphatic heterocycles. The van der Waals surface area contributed by atoms with Crippen LogP contribution in [0.2, 0.25) is 17.7 Å². The molecule has 0 aliphatic carbocycles. The first kappa shape index (κ1) is 84.4. The van der Waals surface area contributed by atoms with Crippen molar-refractivity contribution in [1.82, 2.24) is 11.2 Å². The predicted molar refractivity (Wildman–Crippen MR) is 467 cm³/mol. The minimum atomic E-state index is -4.47. The van der Waals surface area contributed by atoms with Crippen molar-refractivity contribution in [1.29, 1.82) is 0 Å². The molecule has 0 atom stereocenters. The van der Waals surface area contributed by atoms with Gasteiger partial charge in [0, 0.05) is 0 Å². The van der Waals surface area contributed by atoms with Crippen molar-refractivity contribution in [3.05, 3.63) is 269 Å². The summed E-state index contributed by atoms with van der Waals surface area (Å²) in [6.45, 7) is 63.0. The SMILES string of the molecule is CCC[CH2][Sn]1([CH2]CCC)[n]2c(C(=O)c3cc(C(C)(C)C)cc(C(C)(C)C)c3)ccc2C(c2ccc(C3c4ccc(C(=O)c5cc(C(C)(C)C)cc(C(C)(C)C)c5)[n]4[Sn]([CH2]CCC)([CH2]CCC)[n]4c(C(=O)c5cc(C(C)(C)C)cc(C(C)(C)C)c5)ccc43)cc2)c2ccc(C(=O)c3cc(C(C)(C)C)cc(C(C)(C)C)c3)[n]21. The number of unbranched alkanes of at least 4 members (excludes halogenated alkanes) is 4. The third-order valence-electron chi connectivity index (χ3n) is 24.5. The van der Waals surface area contributed by atoms with Crippen LogP contribution in [0.25, 0.3) is 0 Å². The van der Waals surface area contributed by atoms with Gasteiger partial charge >= 0.3 is 678 Å². The van der Waals surface area contributed by atoms with E-state index in [9.17, 15) is 0 Å². The number of fused-ring (bicyclic) bond motifs is 4. The molecule has 11 rings (SSSR count). The number of ketones is 4. The average Bonchev–Trinajstić information content (AvgIpc) is 1.50. The van der Waals surface area contributed by atoms with E-state index in [1.165, 1.54) is 0 Å². The van der Waals surface area contributed by atoms with E-state index in [1.807, 2.05) is 0 Å².